The molecule has 0 radical (unpaired) electrons. The topological polar surface area (TPSA) is 100 Å². The number of aromatic amines is 1. The van der Waals surface area contributed by atoms with Gasteiger partial charge in [-0.1, -0.05) is 11.6 Å². The van der Waals surface area contributed by atoms with Gasteiger partial charge in [0.25, 0.3) is 11.8 Å². The Morgan fingerprint density at radius 1 is 1.17 bits per heavy atom. The molecule has 1 aromatic carbocycles. The van der Waals surface area contributed by atoms with Crippen LogP contribution in [0.4, 0.5) is 5.69 Å². The van der Waals surface area contributed by atoms with Crippen LogP contribution >= 0.6 is 11.6 Å². The van der Waals surface area contributed by atoms with Crippen LogP contribution in [0.2, 0.25) is 5.02 Å². The number of rotatable bonds is 5. The predicted molar refractivity (Wildman–Crippen MR) is 84.5 cm³/mol. The second kappa shape index (κ2) is 7.46. The van der Waals surface area contributed by atoms with Gasteiger partial charge in [0.15, 0.2) is 0 Å². The SMILES string of the molecule is COC(=O)CNC(=O)c1ccc(NC(=O)c2cc(Cl)c[nH]2)cc1. The minimum atomic E-state index is -0.535. The summed E-state index contributed by atoms with van der Waals surface area (Å²) in [6.07, 6.45) is 1.51. The Morgan fingerprint density at radius 2 is 1.87 bits per heavy atom. The van der Waals surface area contributed by atoms with E-state index in [0.717, 1.165) is 0 Å². The molecule has 2 aromatic rings. The molecule has 0 aliphatic carbocycles. The average Bonchev–Trinajstić information content (AvgIpc) is 2.99. The number of aromatic nitrogens is 1. The van der Waals surface area contributed by atoms with Crippen molar-refractivity contribution in [2.45, 2.75) is 0 Å². The molecule has 0 saturated heterocycles. The van der Waals surface area contributed by atoms with Crippen molar-refractivity contribution in [1.29, 1.82) is 0 Å². The number of esters is 1. The number of carbonyl (C=O) groups excluding carboxylic acids is 3. The third kappa shape index (κ3) is 4.58. The predicted octanol–water partition coefficient (Wildman–Crippen LogP) is 1.82. The van der Waals surface area contributed by atoms with Crippen LogP contribution in [0, 0.1) is 0 Å². The van der Waals surface area contributed by atoms with E-state index in [4.69, 9.17) is 11.6 Å². The number of halogens is 1. The van der Waals surface area contributed by atoms with Crippen molar-refractivity contribution in [3.63, 3.8) is 0 Å². The standard InChI is InChI=1S/C15H14ClN3O4/c1-23-13(20)8-18-14(21)9-2-4-11(5-3-9)19-15(22)12-6-10(16)7-17-12/h2-7,17H,8H2,1H3,(H,18,21)(H,19,22). The molecule has 0 saturated carbocycles. The second-order valence-corrected chi connectivity index (χ2v) is 4.96. The highest BCUT2D eigenvalue weighted by Gasteiger charge is 2.10. The smallest absolute Gasteiger partial charge is 0.325 e. The highest BCUT2D eigenvalue weighted by Crippen LogP contribution is 2.13. The van der Waals surface area contributed by atoms with E-state index >= 15 is 0 Å². The van der Waals surface area contributed by atoms with E-state index in [-0.39, 0.29) is 12.5 Å². The number of nitrogens with one attached hydrogen (secondary N) is 3. The van der Waals surface area contributed by atoms with E-state index in [0.29, 0.717) is 22.0 Å². The van der Waals surface area contributed by atoms with Crippen LogP contribution in [0.3, 0.4) is 0 Å². The van der Waals surface area contributed by atoms with E-state index in [2.05, 4.69) is 20.4 Å². The minimum Gasteiger partial charge on any atom is -0.468 e. The summed E-state index contributed by atoms with van der Waals surface area (Å²) in [6.45, 7) is -0.207. The van der Waals surface area contributed by atoms with Crippen LogP contribution in [-0.4, -0.2) is 36.4 Å². The molecule has 2 amide bonds. The zero-order valence-electron chi connectivity index (χ0n) is 12.2. The lowest BCUT2D eigenvalue weighted by Crippen LogP contribution is -2.30. The largest absolute Gasteiger partial charge is 0.468 e. The number of benzene rings is 1. The van der Waals surface area contributed by atoms with Crippen molar-refractivity contribution < 1.29 is 19.1 Å². The molecule has 7 nitrogen and oxygen atoms in total. The molecule has 0 bridgehead atoms. The van der Waals surface area contributed by atoms with E-state index in [1.165, 1.54) is 31.5 Å². The average molecular weight is 336 g/mol. The maximum atomic E-state index is 11.9. The van der Waals surface area contributed by atoms with Crippen molar-refractivity contribution in [2.24, 2.45) is 0 Å². The molecule has 1 aromatic heterocycles. The Hall–Kier alpha value is -2.80. The molecule has 0 fully saturated rings. The molecule has 23 heavy (non-hydrogen) atoms. The normalized spacial score (nSPS) is 10.0. The van der Waals surface area contributed by atoms with Gasteiger partial charge in [0.2, 0.25) is 0 Å². The number of hydrogen-bond acceptors (Lipinski definition) is 4. The molecule has 3 N–H and O–H groups in total. The van der Waals surface area contributed by atoms with Crippen LogP contribution in [0.1, 0.15) is 20.8 Å². The molecule has 0 aliphatic rings. The Bertz CT molecular complexity index is 725. The van der Waals surface area contributed by atoms with Crippen molar-refractivity contribution >= 4 is 35.1 Å². The van der Waals surface area contributed by atoms with Gasteiger partial charge in [0.05, 0.1) is 12.1 Å². The van der Waals surface area contributed by atoms with Gasteiger partial charge >= 0.3 is 5.97 Å². The Balaban J connectivity index is 1.95. The molecule has 1 heterocycles. The van der Waals surface area contributed by atoms with Crippen molar-refractivity contribution in [3.05, 3.63) is 52.8 Å². The van der Waals surface area contributed by atoms with E-state index in [1.54, 1.807) is 12.1 Å². The molecular weight excluding hydrogens is 322 g/mol. The second-order valence-electron chi connectivity index (χ2n) is 4.52. The molecule has 120 valence electrons. The Labute approximate surface area is 137 Å². The fourth-order valence-electron chi connectivity index (χ4n) is 1.73. The number of carbonyl (C=O) groups is 3. The zero-order valence-corrected chi connectivity index (χ0v) is 12.9. The van der Waals surface area contributed by atoms with Crippen LogP contribution in [-0.2, 0) is 9.53 Å². The lowest BCUT2D eigenvalue weighted by atomic mass is 10.2. The van der Waals surface area contributed by atoms with Gasteiger partial charge in [-0.15, -0.1) is 0 Å². The van der Waals surface area contributed by atoms with E-state index in [9.17, 15) is 14.4 Å². The number of ether oxygens (including phenoxy) is 1. The summed E-state index contributed by atoms with van der Waals surface area (Å²) < 4.78 is 4.43. The molecule has 8 heteroatoms. The van der Waals surface area contributed by atoms with Gasteiger partial charge in [-0.2, -0.15) is 0 Å². The summed E-state index contributed by atoms with van der Waals surface area (Å²) in [5.41, 5.74) is 1.20. The number of methoxy groups -OCH3 is 1. The number of amides is 2. The summed E-state index contributed by atoms with van der Waals surface area (Å²) in [7, 11) is 1.24. The fourth-order valence-corrected chi connectivity index (χ4v) is 1.89. The lowest BCUT2D eigenvalue weighted by molar-refractivity contribution is -0.139. The molecular formula is C15H14ClN3O4. The third-order valence-corrected chi connectivity index (χ3v) is 3.14. The van der Waals surface area contributed by atoms with Crippen LogP contribution in [0.5, 0.6) is 0 Å². The van der Waals surface area contributed by atoms with Gasteiger partial charge in [0, 0.05) is 17.4 Å². The first-order chi connectivity index (χ1) is 11.0. The quantitative estimate of drug-likeness (QED) is 0.725. The first-order valence-corrected chi connectivity index (χ1v) is 6.97. The molecule has 0 unspecified atom stereocenters. The highest BCUT2D eigenvalue weighted by molar-refractivity contribution is 6.31. The Kier molecular flexibility index (Phi) is 5.37. The van der Waals surface area contributed by atoms with Crippen LogP contribution < -0.4 is 10.6 Å². The molecule has 0 spiro atoms. The monoisotopic (exact) mass is 335 g/mol. The maximum absolute atomic E-state index is 11.9. The molecule has 2 rings (SSSR count). The highest BCUT2D eigenvalue weighted by atomic mass is 35.5. The molecule has 0 aliphatic heterocycles. The van der Waals surface area contributed by atoms with Gasteiger partial charge in [-0.25, -0.2) is 0 Å². The Morgan fingerprint density at radius 3 is 2.43 bits per heavy atom. The summed E-state index contributed by atoms with van der Waals surface area (Å²) in [5.74, 6) is -1.30. The first-order valence-electron chi connectivity index (χ1n) is 6.60. The van der Waals surface area contributed by atoms with Gasteiger partial charge in [-0.05, 0) is 30.3 Å². The maximum Gasteiger partial charge on any atom is 0.325 e. The third-order valence-electron chi connectivity index (χ3n) is 2.92. The summed E-state index contributed by atoms with van der Waals surface area (Å²) in [4.78, 5) is 37.4. The number of H-pyrrole nitrogens is 1. The van der Waals surface area contributed by atoms with Crippen molar-refractivity contribution in [3.8, 4) is 0 Å². The van der Waals surface area contributed by atoms with Gasteiger partial charge < -0.3 is 20.4 Å². The van der Waals surface area contributed by atoms with Crippen molar-refractivity contribution in [1.82, 2.24) is 10.3 Å². The lowest BCUT2D eigenvalue weighted by Gasteiger charge is -2.06. The van der Waals surface area contributed by atoms with E-state index < -0.39 is 11.9 Å². The van der Waals surface area contributed by atoms with E-state index in [1.807, 2.05) is 0 Å². The molecule has 0 atom stereocenters. The van der Waals surface area contributed by atoms with Crippen LogP contribution in [0.15, 0.2) is 36.5 Å². The zero-order chi connectivity index (χ0) is 16.8. The number of anilines is 1. The van der Waals surface area contributed by atoms with Crippen LogP contribution in [0.25, 0.3) is 0 Å². The first kappa shape index (κ1) is 16.6. The fraction of sp³-hybridized carbons (Fsp3) is 0.133. The van der Waals surface area contributed by atoms with Crippen molar-refractivity contribution in [2.75, 3.05) is 19.0 Å². The summed E-state index contributed by atoms with van der Waals surface area (Å²) in [5, 5.41) is 5.52. The summed E-state index contributed by atoms with van der Waals surface area (Å²) in [6, 6.07) is 7.73. The summed E-state index contributed by atoms with van der Waals surface area (Å²) >= 11 is 5.74. The number of hydrogen-bond donors (Lipinski definition) is 3. The minimum absolute atomic E-state index is 0.207. The van der Waals surface area contributed by atoms with Gasteiger partial charge in [0.1, 0.15) is 12.2 Å². The van der Waals surface area contributed by atoms with Gasteiger partial charge in [-0.3, -0.25) is 14.4 Å².